The van der Waals surface area contributed by atoms with Crippen LogP contribution in [0.15, 0.2) is 5.16 Å². The number of hydrogen-bond donors (Lipinski definition) is 2. The van der Waals surface area contributed by atoms with Crippen molar-refractivity contribution in [1.29, 1.82) is 0 Å². The lowest BCUT2D eigenvalue weighted by Gasteiger charge is -1.96. The van der Waals surface area contributed by atoms with Crippen LogP contribution in [-0.2, 0) is 9.63 Å². The lowest BCUT2D eigenvalue weighted by molar-refractivity contribution is -0.129. The summed E-state index contributed by atoms with van der Waals surface area (Å²) >= 11 is 1.21. The van der Waals surface area contributed by atoms with Gasteiger partial charge in [-0.2, -0.15) is 0 Å². The van der Waals surface area contributed by atoms with E-state index in [2.05, 4.69) is 15.0 Å². The standard InChI is InChI=1S/C7H9N3O3S/c1-3-4(9-7(8)14-3)5(6(11)12)10-13-2/h1-2H3,(H2,8,9)(H,11,12)/b10-5-. The Kier molecular flexibility index (Phi) is 3.03. The Bertz CT molecular complexity index is 386. The van der Waals surface area contributed by atoms with Crippen LogP contribution >= 0.6 is 11.3 Å². The minimum Gasteiger partial charge on any atom is -0.476 e. The smallest absolute Gasteiger partial charge is 0.360 e. The van der Waals surface area contributed by atoms with Gasteiger partial charge in [0.1, 0.15) is 12.8 Å². The molecular weight excluding hydrogens is 206 g/mol. The Balaban J connectivity index is 3.18. The molecule has 0 saturated carbocycles. The zero-order valence-electron chi connectivity index (χ0n) is 7.64. The maximum atomic E-state index is 10.8. The molecular formula is C7H9N3O3S. The Labute approximate surface area is 84.0 Å². The van der Waals surface area contributed by atoms with E-state index in [4.69, 9.17) is 10.8 Å². The number of hydrogen-bond acceptors (Lipinski definition) is 6. The molecule has 1 rings (SSSR count). The van der Waals surface area contributed by atoms with Crippen LogP contribution in [0.25, 0.3) is 0 Å². The van der Waals surface area contributed by atoms with Crippen LogP contribution in [0.1, 0.15) is 10.6 Å². The highest BCUT2D eigenvalue weighted by Gasteiger charge is 2.19. The average Bonchev–Trinajstić information content (AvgIpc) is 2.40. The van der Waals surface area contributed by atoms with Crippen LogP contribution in [0.4, 0.5) is 5.13 Å². The van der Waals surface area contributed by atoms with Crippen LogP contribution in [-0.4, -0.2) is 28.9 Å². The first-order chi connectivity index (χ1) is 6.56. The van der Waals surface area contributed by atoms with Crippen LogP contribution in [0.2, 0.25) is 0 Å². The number of carbonyl (C=O) groups is 1. The molecule has 14 heavy (non-hydrogen) atoms. The number of rotatable bonds is 3. The number of nitrogen functional groups attached to an aromatic ring is 1. The van der Waals surface area contributed by atoms with Gasteiger partial charge in [0.2, 0.25) is 5.71 Å². The van der Waals surface area contributed by atoms with E-state index in [1.165, 1.54) is 18.4 Å². The molecule has 0 unspecified atom stereocenters. The van der Waals surface area contributed by atoms with Crippen LogP contribution in [0.5, 0.6) is 0 Å². The molecule has 0 aliphatic carbocycles. The van der Waals surface area contributed by atoms with Crippen LogP contribution in [0.3, 0.4) is 0 Å². The first-order valence-corrected chi connectivity index (χ1v) is 4.45. The highest BCUT2D eigenvalue weighted by Crippen LogP contribution is 2.19. The summed E-state index contributed by atoms with van der Waals surface area (Å²) in [4.78, 5) is 19.7. The second-order valence-electron chi connectivity index (χ2n) is 2.38. The topological polar surface area (TPSA) is 97.8 Å². The predicted octanol–water partition coefficient (Wildman–Crippen LogP) is 0.469. The number of nitrogens with two attached hydrogens (primary N) is 1. The first kappa shape index (κ1) is 10.5. The number of oxime groups is 1. The molecule has 0 aliphatic rings. The second-order valence-corrected chi connectivity index (χ2v) is 3.62. The highest BCUT2D eigenvalue weighted by atomic mass is 32.1. The van der Waals surface area contributed by atoms with E-state index in [1.807, 2.05) is 0 Å². The van der Waals surface area contributed by atoms with Gasteiger partial charge < -0.3 is 15.7 Å². The molecule has 7 heteroatoms. The van der Waals surface area contributed by atoms with E-state index in [0.29, 0.717) is 10.0 Å². The van der Waals surface area contributed by atoms with Crippen molar-refractivity contribution in [3.63, 3.8) is 0 Å². The average molecular weight is 215 g/mol. The molecule has 1 aromatic heterocycles. The lowest BCUT2D eigenvalue weighted by Crippen LogP contribution is -2.16. The maximum absolute atomic E-state index is 10.8. The van der Waals surface area contributed by atoms with E-state index in [-0.39, 0.29) is 11.4 Å². The third-order valence-electron chi connectivity index (χ3n) is 1.42. The molecule has 1 heterocycles. The summed E-state index contributed by atoms with van der Waals surface area (Å²) in [5.41, 5.74) is 5.45. The van der Waals surface area contributed by atoms with Crippen molar-refractivity contribution < 1.29 is 14.7 Å². The fraction of sp³-hybridized carbons (Fsp3) is 0.286. The largest absolute Gasteiger partial charge is 0.476 e. The van der Waals surface area contributed by atoms with Gasteiger partial charge >= 0.3 is 5.97 Å². The van der Waals surface area contributed by atoms with Gasteiger partial charge in [0.25, 0.3) is 0 Å². The molecule has 76 valence electrons. The molecule has 0 atom stereocenters. The van der Waals surface area contributed by atoms with E-state index in [1.54, 1.807) is 6.92 Å². The fourth-order valence-electron chi connectivity index (χ4n) is 0.911. The molecule has 3 N–H and O–H groups in total. The summed E-state index contributed by atoms with van der Waals surface area (Å²) in [6, 6.07) is 0. The van der Waals surface area contributed by atoms with Crippen molar-refractivity contribution in [2.75, 3.05) is 12.8 Å². The monoisotopic (exact) mass is 215 g/mol. The highest BCUT2D eigenvalue weighted by molar-refractivity contribution is 7.15. The minimum absolute atomic E-state index is 0.238. The summed E-state index contributed by atoms with van der Waals surface area (Å²) in [6.07, 6.45) is 0. The molecule has 0 amide bonds. The van der Waals surface area contributed by atoms with Gasteiger partial charge in [0, 0.05) is 4.88 Å². The summed E-state index contributed by atoms with van der Waals surface area (Å²) in [7, 11) is 1.27. The van der Waals surface area contributed by atoms with Gasteiger partial charge in [-0.25, -0.2) is 9.78 Å². The molecule has 0 saturated heterocycles. The van der Waals surface area contributed by atoms with Gasteiger partial charge in [0.05, 0.1) is 0 Å². The first-order valence-electron chi connectivity index (χ1n) is 3.64. The predicted molar refractivity (Wildman–Crippen MR) is 52.4 cm³/mol. The molecule has 0 spiro atoms. The molecule has 0 bridgehead atoms. The third-order valence-corrected chi connectivity index (χ3v) is 2.22. The quantitative estimate of drug-likeness (QED) is 0.564. The molecule has 0 aromatic carbocycles. The van der Waals surface area contributed by atoms with Gasteiger partial charge in [-0.3, -0.25) is 0 Å². The van der Waals surface area contributed by atoms with Gasteiger partial charge in [-0.05, 0) is 6.92 Å². The number of aromatic nitrogens is 1. The molecule has 0 radical (unpaired) electrons. The zero-order chi connectivity index (χ0) is 10.7. The summed E-state index contributed by atoms with van der Waals surface area (Å²) < 4.78 is 0. The summed E-state index contributed by atoms with van der Waals surface area (Å²) in [5, 5.41) is 12.5. The second kappa shape index (κ2) is 4.05. The van der Waals surface area contributed by atoms with Crippen LogP contribution in [0, 0.1) is 6.92 Å². The minimum atomic E-state index is -1.19. The fourth-order valence-corrected chi connectivity index (χ4v) is 1.60. The Morgan fingerprint density at radius 1 is 1.71 bits per heavy atom. The summed E-state index contributed by atoms with van der Waals surface area (Å²) in [6.45, 7) is 1.72. The third kappa shape index (κ3) is 1.99. The van der Waals surface area contributed by atoms with Crippen molar-refractivity contribution >= 4 is 28.1 Å². The normalized spacial score (nSPS) is 11.4. The zero-order valence-corrected chi connectivity index (χ0v) is 8.46. The Morgan fingerprint density at radius 2 is 2.36 bits per heavy atom. The molecule has 0 aliphatic heterocycles. The molecule has 0 fully saturated rings. The van der Waals surface area contributed by atoms with Crippen LogP contribution < -0.4 is 5.73 Å². The van der Waals surface area contributed by atoms with E-state index in [0.717, 1.165) is 0 Å². The van der Waals surface area contributed by atoms with Crippen molar-refractivity contribution in [3.05, 3.63) is 10.6 Å². The number of anilines is 1. The van der Waals surface area contributed by atoms with Gasteiger partial charge in [-0.1, -0.05) is 5.16 Å². The Morgan fingerprint density at radius 3 is 2.71 bits per heavy atom. The number of aliphatic carboxylic acids is 1. The number of carboxylic acids is 1. The Hall–Kier alpha value is -1.63. The lowest BCUT2D eigenvalue weighted by atomic mass is 10.2. The SMILES string of the molecule is CO/N=C(\C(=O)O)c1nc(N)sc1C. The van der Waals surface area contributed by atoms with E-state index in [9.17, 15) is 4.79 Å². The maximum Gasteiger partial charge on any atom is 0.360 e. The van der Waals surface area contributed by atoms with Crippen molar-refractivity contribution in [2.45, 2.75) is 6.92 Å². The number of nitrogens with zero attached hydrogens (tertiary/aromatic N) is 2. The van der Waals surface area contributed by atoms with Gasteiger partial charge in [0.15, 0.2) is 5.13 Å². The number of aryl methyl sites for hydroxylation is 1. The van der Waals surface area contributed by atoms with Gasteiger partial charge in [-0.15, -0.1) is 11.3 Å². The van der Waals surface area contributed by atoms with Crippen molar-refractivity contribution in [3.8, 4) is 0 Å². The molecule has 6 nitrogen and oxygen atoms in total. The van der Waals surface area contributed by atoms with Crippen molar-refractivity contribution in [1.82, 2.24) is 4.98 Å². The van der Waals surface area contributed by atoms with E-state index >= 15 is 0 Å². The molecule has 1 aromatic rings. The number of thiazole rings is 1. The summed E-state index contributed by atoms with van der Waals surface area (Å²) in [5.74, 6) is -1.19. The van der Waals surface area contributed by atoms with E-state index < -0.39 is 5.97 Å². The number of carboxylic acid groups (broad SMARTS) is 1. The van der Waals surface area contributed by atoms with Crippen molar-refractivity contribution in [2.24, 2.45) is 5.16 Å².